The van der Waals surface area contributed by atoms with Crippen LogP contribution in [0.15, 0.2) is 0 Å². The molecule has 0 aliphatic heterocycles. The molecule has 5 atom stereocenters. The zero-order chi connectivity index (χ0) is 16.7. The van der Waals surface area contributed by atoms with Gasteiger partial charge in [0, 0.05) is 0 Å². The third-order valence-corrected chi connectivity index (χ3v) is 7.97. The summed E-state index contributed by atoms with van der Waals surface area (Å²) in [5.41, 5.74) is -0.353. The van der Waals surface area contributed by atoms with Crippen molar-refractivity contribution in [2.24, 2.45) is 11.8 Å². The van der Waals surface area contributed by atoms with Gasteiger partial charge in [-0.05, 0) is 0 Å². The minimum atomic E-state index is -2.29. The summed E-state index contributed by atoms with van der Waals surface area (Å²) >= 11 is 1.38. The molecule has 22 heavy (non-hydrogen) atoms. The number of amides is 1. The summed E-state index contributed by atoms with van der Waals surface area (Å²) in [6.07, 6.45) is 4.87. The normalized spacial score (nSPS) is 21.3. The first-order chi connectivity index (χ1) is 10.3. The summed E-state index contributed by atoms with van der Waals surface area (Å²) in [5, 5.41) is 12.9. The Kier molecular flexibility index (Phi) is 9.16. The van der Waals surface area contributed by atoms with Gasteiger partial charge in [0.2, 0.25) is 0 Å². The molecule has 0 aromatic heterocycles. The Morgan fingerprint density at radius 1 is 1.32 bits per heavy atom. The summed E-state index contributed by atoms with van der Waals surface area (Å²) in [6.45, 7) is 4.16. The molecule has 1 aliphatic rings. The Balaban J connectivity index is 2.45. The van der Waals surface area contributed by atoms with Crippen molar-refractivity contribution >= 4 is 30.8 Å². The average Bonchev–Trinajstić information content (AvgIpc) is 2.49. The van der Waals surface area contributed by atoms with E-state index in [1.807, 2.05) is 13.8 Å². The van der Waals surface area contributed by atoms with Crippen molar-refractivity contribution in [3.8, 4) is 0 Å². The van der Waals surface area contributed by atoms with Gasteiger partial charge < -0.3 is 0 Å². The molecule has 5 nitrogen and oxygen atoms in total. The van der Waals surface area contributed by atoms with E-state index in [-0.39, 0.29) is 41.1 Å². The second-order valence-corrected chi connectivity index (χ2v) is 9.45. The molecule has 0 radical (unpaired) electrons. The molecular weight excluding hydrogens is 364 g/mol. The van der Waals surface area contributed by atoms with E-state index in [4.69, 9.17) is 0 Å². The van der Waals surface area contributed by atoms with E-state index in [9.17, 15) is 19.4 Å². The van der Waals surface area contributed by atoms with E-state index >= 15 is 0 Å². The summed E-state index contributed by atoms with van der Waals surface area (Å²) in [4.78, 5) is 21.5. The Morgan fingerprint density at radius 2 is 1.91 bits per heavy atom. The van der Waals surface area contributed by atoms with Crippen molar-refractivity contribution in [3.05, 3.63) is 0 Å². The van der Waals surface area contributed by atoms with Crippen LogP contribution in [0.4, 0.5) is 0 Å². The van der Waals surface area contributed by atoms with E-state index in [0.29, 0.717) is 0 Å². The molecule has 0 heterocycles. The van der Waals surface area contributed by atoms with Gasteiger partial charge in [-0.15, -0.1) is 0 Å². The summed E-state index contributed by atoms with van der Waals surface area (Å²) in [7, 11) is -2.29. The fraction of sp³-hybridized carbons (Fsp3) is 0.933. The van der Waals surface area contributed by atoms with Gasteiger partial charge in [0.1, 0.15) is 0 Å². The molecule has 1 saturated carbocycles. The zero-order valence-corrected chi connectivity index (χ0v) is 16.9. The molecule has 0 aromatic carbocycles. The van der Waals surface area contributed by atoms with Crippen molar-refractivity contribution in [1.29, 1.82) is 0 Å². The van der Waals surface area contributed by atoms with Gasteiger partial charge in [0.15, 0.2) is 0 Å². The van der Waals surface area contributed by atoms with Crippen LogP contribution in [-0.2, 0) is 9.36 Å². The van der Waals surface area contributed by atoms with Gasteiger partial charge in [-0.2, -0.15) is 0 Å². The fourth-order valence-electron chi connectivity index (χ4n) is 2.98. The Morgan fingerprint density at radius 3 is 2.41 bits per heavy atom. The summed E-state index contributed by atoms with van der Waals surface area (Å²) in [5.74, 6) is 0.460. The Bertz CT molecular complexity index is 375. The molecule has 1 aliphatic carbocycles. The summed E-state index contributed by atoms with van der Waals surface area (Å²) in [6, 6.07) is 0. The quantitative estimate of drug-likeness (QED) is 0.431. The predicted molar refractivity (Wildman–Crippen MR) is 91.0 cm³/mol. The first kappa shape index (κ1) is 20.1. The first-order valence-corrected chi connectivity index (χ1v) is 10.9. The van der Waals surface area contributed by atoms with Crippen LogP contribution in [0.5, 0.6) is 0 Å². The minimum absolute atomic E-state index is 0.0386. The topological polar surface area (TPSA) is 86.6 Å². The van der Waals surface area contributed by atoms with E-state index < -0.39 is 14.1 Å². The van der Waals surface area contributed by atoms with E-state index in [2.05, 4.69) is 5.32 Å². The van der Waals surface area contributed by atoms with Crippen molar-refractivity contribution in [1.82, 2.24) is 5.32 Å². The van der Waals surface area contributed by atoms with Crippen LogP contribution in [0.25, 0.3) is 0 Å². The van der Waals surface area contributed by atoms with Crippen LogP contribution in [-0.4, -0.2) is 51.1 Å². The molecule has 128 valence electrons. The van der Waals surface area contributed by atoms with Crippen molar-refractivity contribution in [3.63, 3.8) is 0 Å². The van der Waals surface area contributed by atoms with Crippen LogP contribution in [0, 0.1) is 11.8 Å². The van der Waals surface area contributed by atoms with Crippen molar-refractivity contribution in [2.75, 3.05) is 6.54 Å². The number of rotatable bonds is 8. The van der Waals surface area contributed by atoms with E-state index in [1.165, 1.54) is 23.3 Å². The molecule has 0 spiro atoms. The molecule has 1 fully saturated rings. The van der Waals surface area contributed by atoms with Crippen molar-refractivity contribution < 1.29 is 19.4 Å². The number of aliphatic hydroxyl groups excluding tert-OH is 1. The molecule has 1 rings (SSSR count). The Hall–Kier alpha value is 0.0484. The zero-order valence-electron chi connectivity index (χ0n) is 13.6. The molecule has 1 amide bonds. The van der Waals surface area contributed by atoms with Gasteiger partial charge in [-0.25, -0.2) is 0 Å². The molecule has 0 saturated heterocycles. The van der Waals surface area contributed by atoms with Gasteiger partial charge in [-0.1, -0.05) is 0 Å². The molecular formula is C15H30AsNO4P+. The Labute approximate surface area is 143 Å². The molecule has 3 N–H and O–H groups in total. The van der Waals surface area contributed by atoms with Crippen LogP contribution in [0.3, 0.4) is 0 Å². The number of carbonyl (C=O) groups is 1. The predicted octanol–water partition coefficient (Wildman–Crippen LogP) is 1.61. The standard InChI is InChI=1S/C15H29AsNO4P/c1-10(2)14(16)15(19)17-9-12(18)8-13(22(20)21)11-6-4-3-5-7-11/h10-14,18H,3-9,16H2,1-2H3,(H-,17,19,20,21)/p+1/t12-,13?,14-/m1/s1. The summed E-state index contributed by atoms with van der Waals surface area (Å²) < 4.78 is 11.6. The number of carbonyl (C=O) groups excluding carboxylic acids is 1. The monoisotopic (exact) mass is 394 g/mol. The third kappa shape index (κ3) is 6.66. The van der Waals surface area contributed by atoms with Crippen LogP contribution in [0.2, 0.25) is 4.71 Å². The molecule has 0 bridgehead atoms. The average molecular weight is 394 g/mol. The molecule has 0 aromatic rings. The maximum atomic E-state index is 11.9. The van der Waals surface area contributed by atoms with E-state index in [1.54, 1.807) is 0 Å². The van der Waals surface area contributed by atoms with Gasteiger partial charge in [-0.3, -0.25) is 0 Å². The second kappa shape index (κ2) is 10.0. The van der Waals surface area contributed by atoms with E-state index in [0.717, 1.165) is 25.7 Å². The number of hydrogen-bond donors (Lipinski definition) is 3. The molecule has 7 heteroatoms. The van der Waals surface area contributed by atoms with Gasteiger partial charge in [0.25, 0.3) is 0 Å². The van der Waals surface area contributed by atoms with Gasteiger partial charge >= 0.3 is 143 Å². The number of nitrogens with one attached hydrogen (secondary N) is 1. The first-order valence-electron chi connectivity index (χ1n) is 8.19. The van der Waals surface area contributed by atoms with Gasteiger partial charge in [0.05, 0.1) is 0 Å². The number of aliphatic hydroxyl groups is 1. The van der Waals surface area contributed by atoms with Crippen LogP contribution < -0.4 is 5.32 Å². The maximum absolute atomic E-state index is 11.9. The molecule has 3 unspecified atom stereocenters. The SMILES string of the molecule is CC(C)[C@@H]([AsH2])C(=O)NC[C@H](O)CC(C1CCCCC1)[P+](=O)O. The second-order valence-electron chi connectivity index (χ2n) is 6.67. The van der Waals surface area contributed by atoms with Crippen LogP contribution in [0.1, 0.15) is 52.4 Å². The third-order valence-electron chi connectivity index (χ3n) is 4.52. The van der Waals surface area contributed by atoms with Crippen molar-refractivity contribution in [2.45, 2.75) is 68.8 Å². The van der Waals surface area contributed by atoms with Crippen LogP contribution >= 0.6 is 8.03 Å². The number of hydrogen-bond acceptors (Lipinski definition) is 3. The fourth-order valence-corrected chi connectivity index (χ4v) is 4.31.